The Morgan fingerprint density at radius 3 is 2.69 bits per heavy atom. The zero-order valence-electron chi connectivity index (χ0n) is 15.8. The Morgan fingerprint density at radius 2 is 2.12 bits per heavy atom. The second-order valence-corrected chi connectivity index (χ2v) is 8.03. The van der Waals surface area contributed by atoms with Crippen molar-refractivity contribution in [2.45, 2.75) is 51.2 Å². The van der Waals surface area contributed by atoms with Crippen LogP contribution in [0.25, 0.3) is 0 Å². The van der Waals surface area contributed by atoms with E-state index in [0.29, 0.717) is 18.7 Å². The van der Waals surface area contributed by atoms with E-state index >= 15 is 0 Å². The number of hydrogen-bond donors (Lipinski definition) is 1. The first-order chi connectivity index (χ1) is 12.2. The largest absolute Gasteiger partial charge is 0.444 e. The Labute approximate surface area is 160 Å². The van der Waals surface area contributed by atoms with E-state index in [0.717, 1.165) is 25.8 Å². The molecule has 144 valence electrons. The minimum absolute atomic E-state index is 0.143. The monoisotopic (exact) mass is 382 g/mol. The lowest BCUT2D eigenvalue weighted by Crippen LogP contribution is -2.43. The van der Waals surface area contributed by atoms with Crippen LogP contribution in [-0.2, 0) is 10.3 Å². The fourth-order valence-electron chi connectivity index (χ4n) is 3.13. The lowest BCUT2D eigenvalue weighted by molar-refractivity contribution is 0.0515. The molecule has 2 rings (SSSR count). The predicted molar refractivity (Wildman–Crippen MR) is 103 cm³/mol. The normalized spacial score (nSPS) is 15.6. The van der Waals surface area contributed by atoms with Crippen LogP contribution in [0.1, 0.15) is 45.6 Å². The smallest absolute Gasteiger partial charge is 0.407 e. The first-order valence-electron chi connectivity index (χ1n) is 8.97. The van der Waals surface area contributed by atoms with Crippen molar-refractivity contribution >= 4 is 17.7 Å². The van der Waals surface area contributed by atoms with E-state index in [1.807, 2.05) is 26.8 Å². The second kappa shape index (κ2) is 8.40. The summed E-state index contributed by atoms with van der Waals surface area (Å²) in [5.74, 6) is -0.352. The Morgan fingerprint density at radius 1 is 1.42 bits per heavy atom. The number of carbonyl (C=O) groups excluding carboxylic acids is 1. The number of nitrogens with zero attached hydrogens (tertiary/aromatic N) is 1. The standard InChI is InChI=1S/C20H28ClFN2O2/c1-5-6-13-24(14-12-23-18(25)26-19(2,3)4)20(10-11-20)15-8-7-9-16(21)17(15)22/h5,7-9H,1,6,10-14H2,2-4H3,(H,23,25). The summed E-state index contributed by atoms with van der Waals surface area (Å²) in [5, 5.41) is 2.92. The van der Waals surface area contributed by atoms with Crippen molar-refractivity contribution in [1.82, 2.24) is 10.2 Å². The lowest BCUT2D eigenvalue weighted by atomic mass is 10.0. The van der Waals surface area contributed by atoms with E-state index in [1.54, 1.807) is 18.2 Å². The Hall–Kier alpha value is -1.59. The Kier molecular flexibility index (Phi) is 6.69. The van der Waals surface area contributed by atoms with Gasteiger partial charge < -0.3 is 10.1 Å². The molecule has 1 aromatic rings. The van der Waals surface area contributed by atoms with Gasteiger partial charge >= 0.3 is 6.09 Å². The number of amides is 1. The van der Waals surface area contributed by atoms with E-state index < -0.39 is 11.7 Å². The maximum absolute atomic E-state index is 14.6. The maximum Gasteiger partial charge on any atom is 0.407 e. The molecule has 1 saturated carbocycles. The first kappa shape index (κ1) is 20.7. The van der Waals surface area contributed by atoms with E-state index in [4.69, 9.17) is 16.3 Å². The van der Waals surface area contributed by atoms with Gasteiger partial charge in [-0.3, -0.25) is 4.90 Å². The highest BCUT2D eigenvalue weighted by Gasteiger charge is 2.50. The zero-order chi connectivity index (χ0) is 19.4. The molecule has 0 bridgehead atoms. The van der Waals surface area contributed by atoms with Gasteiger partial charge in [0, 0.05) is 30.7 Å². The topological polar surface area (TPSA) is 41.6 Å². The average molecular weight is 383 g/mol. The molecule has 1 aliphatic rings. The van der Waals surface area contributed by atoms with Gasteiger partial charge in [0.25, 0.3) is 0 Å². The highest BCUT2D eigenvalue weighted by molar-refractivity contribution is 6.30. The van der Waals surface area contributed by atoms with E-state index in [9.17, 15) is 9.18 Å². The highest BCUT2D eigenvalue weighted by atomic mass is 35.5. The van der Waals surface area contributed by atoms with Gasteiger partial charge in [0.2, 0.25) is 0 Å². The van der Waals surface area contributed by atoms with Gasteiger partial charge in [-0.1, -0.05) is 29.8 Å². The average Bonchev–Trinajstić information content (AvgIpc) is 3.33. The fraction of sp³-hybridized carbons (Fsp3) is 0.550. The molecule has 1 aliphatic carbocycles. The van der Waals surface area contributed by atoms with Gasteiger partial charge in [0.15, 0.2) is 0 Å². The molecule has 0 saturated heterocycles. The van der Waals surface area contributed by atoms with Crippen molar-refractivity contribution in [2.24, 2.45) is 0 Å². The number of halogens is 2. The molecule has 0 aliphatic heterocycles. The van der Waals surface area contributed by atoms with Crippen LogP contribution in [0.2, 0.25) is 5.02 Å². The molecule has 4 nitrogen and oxygen atoms in total. The Balaban J connectivity index is 2.06. The SMILES string of the molecule is C=CCCN(CCNC(=O)OC(C)(C)C)C1(c2cccc(Cl)c2F)CC1. The third kappa shape index (κ3) is 5.21. The van der Waals surface area contributed by atoms with Gasteiger partial charge in [-0.15, -0.1) is 6.58 Å². The quantitative estimate of drug-likeness (QED) is 0.652. The molecular weight excluding hydrogens is 355 g/mol. The molecule has 0 unspecified atom stereocenters. The van der Waals surface area contributed by atoms with Crippen LogP contribution in [0.5, 0.6) is 0 Å². The number of benzene rings is 1. The molecule has 0 spiro atoms. The molecule has 1 N–H and O–H groups in total. The summed E-state index contributed by atoms with van der Waals surface area (Å²) in [4.78, 5) is 14.1. The molecule has 0 radical (unpaired) electrons. The van der Waals surface area contributed by atoms with Gasteiger partial charge in [-0.25, -0.2) is 9.18 Å². The number of carbonyl (C=O) groups is 1. The van der Waals surface area contributed by atoms with Crippen LogP contribution < -0.4 is 5.32 Å². The number of hydrogen-bond acceptors (Lipinski definition) is 3. The van der Waals surface area contributed by atoms with Crippen molar-refractivity contribution in [2.75, 3.05) is 19.6 Å². The molecule has 26 heavy (non-hydrogen) atoms. The molecule has 6 heteroatoms. The van der Waals surface area contributed by atoms with E-state index in [2.05, 4.69) is 16.8 Å². The van der Waals surface area contributed by atoms with E-state index in [-0.39, 0.29) is 16.4 Å². The van der Waals surface area contributed by atoms with Gasteiger partial charge in [-0.2, -0.15) is 0 Å². The highest BCUT2D eigenvalue weighted by Crippen LogP contribution is 2.52. The molecule has 0 aromatic heterocycles. The summed E-state index contributed by atoms with van der Waals surface area (Å²) >= 11 is 5.98. The zero-order valence-corrected chi connectivity index (χ0v) is 16.5. The minimum atomic E-state index is -0.533. The molecule has 1 amide bonds. The van der Waals surface area contributed by atoms with Crippen molar-refractivity contribution < 1.29 is 13.9 Å². The van der Waals surface area contributed by atoms with Crippen molar-refractivity contribution in [3.8, 4) is 0 Å². The van der Waals surface area contributed by atoms with Crippen molar-refractivity contribution in [1.29, 1.82) is 0 Å². The molecule has 0 atom stereocenters. The van der Waals surface area contributed by atoms with Gasteiger partial charge in [0.1, 0.15) is 11.4 Å². The molecule has 0 heterocycles. The Bertz CT molecular complexity index is 654. The van der Waals surface area contributed by atoms with Gasteiger partial charge in [0.05, 0.1) is 5.02 Å². The van der Waals surface area contributed by atoms with E-state index in [1.165, 1.54) is 0 Å². The predicted octanol–water partition coefficient (Wildman–Crippen LogP) is 4.87. The third-order valence-corrected chi connectivity index (χ3v) is 4.73. The van der Waals surface area contributed by atoms with Crippen molar-refractivity contribution in [3.05, 3.63) is 47.3 Å². The van der Waals surface area contributed by atoms with Crippen LogP contribution in [0.15, 0.2) is 30.9 Å². The van der Waals surface area contributed by atoms with Crippen LogP contribution in [0, 0.1) is 5.82 Å². The number of alkyl carbamates (subject to hydrolysis) is 1. The van der Waals surface area contributed by atoms with Gasteiger partial charge in [-0.05, 0) is 46.1 Å². The van der Waals surface area contributed by atoms with Crippen molar-refractivity contribution in [3.63, 3.8) is 0 Å². The van der Waals surface area contributed by atoms with Crippen LogP contribution in [0.4, 0.5) is 9.18 Å². The summed E-state index contributed by atoms with van der Waals surface area (Å²) in [7, 11) is 0. The fourth-order valence-corrected chi connectivity index (χ4v) is 3.31. The number of nitrogens with one attached hydrogen (secondary N) is 1. The third-order valence-electron chi connectivity index (χ3n) is 4.43. The second-order valence-electron chi connectivity index (χ2n) is 7.63. The molecule has 1 fully saturated rings. The number of rotatable bonds is 8. The van der Waals surface area contributed by atoms with Crippen LogP contribution in [0.3, 0.4) is 0 Å². The lowest BCUT2D eigenvalue weighted by Gasteiger charge is -2.33. The summed E-state index contributed by atoms with van der Waals surface area (Å²) < 4.78 is 19.8. The van der Waals surface area contributed by atoms with Crippen LogP contribution >= 0.6 is 11.6 Å². The molecule has 1 aromatic carbocycles. The molecular formula is C20H28ClFN2O2. The van der Waals surface area contributed by atoms with Crippen LogP contribution in [-0.4, -0.2) is 36.2 Å². The summed E-state index contributed by atoms with van der Waals surface area (Å²) in [6, 6.07) is 5.15. The minimum Gasteiger partial charge on any atom is -0.444 e. The summed E-state index contributed by atoms with van der Waals surface area (Å²) in [6.07, 6.45) is 3.93. The maximum atomic E-state index is 14.6. The first-order valence-corrected chi connectivity index (χ1v) is 9.35. The summed E-state index contributed by atoms with van der Waals surface area (Å²) in [5.41, 5.74) is -0.256. The number of ether oxygens (including phenoxy) is 1. The summed E-state index contributed by atoms with van der Waals surface area (Å²) in [6.45, 7) is 11.0.